The summed E-state index contributed by atoms with van der Waals surface area (Å²) in [6.07, 6.45) is 2.42. The molecule has 0 radical (unpaired) electrons. The van der Waals surface area contributed by atoms with Crippen LogP contribution in [-0.4, -0.2) is 20.6 Å². The molecule has 1 aromatic carbocycles. The van der Waals surface area contributed by atoms with Crippen molar-refractivity contribution < 1.29 is 14.3 Å². The molecule has 0 saturated heterocycles. The minimum absolute atomic E-state index is 0.0713. The van der Waals surface area contributed by atoms with E-state index in [0.29, 0.717) is 11.9 Å². The summed E-state index contributed by atoms with van der Waals surface area (Å²) in [5.41, 5.74) is 1.43. The minimum atomic E-state index is -0.763. The molecule has 2 unspecified atom stereocenters. The number of nitrogens with zero attached hydrogens (tertiary/aromatic N) is 2. The highest BCUT2D eigenvalue weighted by Gasteiger charge is 2.36. The van der Waals surface area contributed by atoms with Crippen LogP contribution in [0, 0.1) is 11.7 Å². The molecule has 1 heterocycles. The van der Waals surface area contributed by atoms with Crippen molar-refractivity contribution in [1.29, 1.82) is 0 Å². The predicted octanol–water partition coefficient (Wildman–Crippen LogP) is 2.68. The molecule has 1 fully saturated rings. The molecule has 3 rings (SSSR count). The molecule has 19 heavy (non-hydrogen) atoms. The zero-order valence-electron chi connectivity index (χ0n) is 10.6. The Morgan fingerprint density at radius 2 is 2.26 bits per heavy atom. The van der Waals surface area contributed by atoms with Crippen LogP contribution in [-0.2, 0) is 11.8 Å². The third-order valence-electron chi connectivity index (χ3n) is 4.04. The predicted molar refractivity (Wildman–Crippen MR) is 68.4 cm³/mol. The van der Waals surface area contributed by atoms with E-state index in [1.807, 2.05) is 11.6 Å². The molecular formula is C14H15FN2O2. The number of carbonyl (C=O) groups is 1. The lowest BCUT2D eigenvalue weighted by Gasteiger charge is -2.15. The average Bonchev–Trinajstić information content (AvgIpc) is 2.95. The molecule has 1 aromatic heterocycles. The van der Waals surface area contributed by atoms with E-state index in [4.69, 9.17) is 0 Å². The Bertz CT molecular complexity index is 650. The third kappa shape index (κ3) is 1.89. The van der Waals surface area contributed by atoms with E-state index in [1.165, 1.54) is 12.1 Å². The topological polar surface area (TPSA) is 55.1 Å². The fourth-order valence-electron chi connectivity index (χ4n) is 3.08. The van der Waals surface area contributed by atoms with Gasteiger partial charge < -0.3 is 9.67 Å². The van der Waals surface area contributed by atoms with Crippen molar-refractivity contribution in [2.24, 2.45) is 13.0 Å². The number of halogens is 1. The second kappa shape index (κ2) is 4.33. The smallest absolute Gasteiger partial charge is 0.307 e. The summed E-state index contributed by atoms with van der Waals surface area (Å²) in [5.74, 6) is -0.757. The van der Waals surface area contributed by atoms with Crippen LogP contribution in [0.5, 0.6) is 0 Å². The van der Waals surface area contributed by atoms with Gasteiger partial charge in [0.05, 0.1) is 17.0 Å². The standard InChI is InChI=1S/C14H15FN2O2/c1-17-12-7-8(15)5-6-11(12)16-13(17)9-3-2-4-10(9)14(18)19/h5-7,9-10H,2-4H2,1H3,(H,18,19). The van der Waals surface area contributed by atoms with E-state index in [1.54, 1.807) is 6.07 Å². The van der Waals surface area contributed by atoms with Crippen LogP contribution in [0.15, 0.2) is 18.2 Å². The van der Waals surface area contributed by atoms with Crippen molar-refractivity contribution in [1.82, 2.24) is 9.55 Å². The van der Waals surface area contributed by atoms with Gasteiger partial charge in [0.2, 0.25) is 0 Å². The Labute approximate surface area is 109 Å². The second-order valence-corrected chi connectivity index (χ2v) is 5.14. The van der Waals surface area contributed by atoms with E-state index in [9.17, 15) is 14.3 Å². The highest BCUT2D eigenvalue weighted by atomic mass is 19.1. The first-order valence-corrected chi connectivity index (χ1v) is 6.42. The first-order chi connectivity index (χ1) is 9.08. The number of imidazole rings is 1. The maximum atomic E-state index is 13.3. The van der Waals surface area contributed by atoms with E-state index < -0.39 is 5.97 Å². The molecule has 0 aliphatic heterocycles. The summed E-state index contributed by atoms with van der Waals surface area (Å²) in [4.78, 5) is 15.8. The number of fused-ring (bicyclic) bond motifs is 1. The van der Waals surface area contributed by atoms with Gasteiger partial charge in [0.15, 0.2) is 0 Å². The Morgan fingerprint density at radius 3 is 3.00 bits per heavy atom. The van der Waals surface area contributed by atoms with Crippen LogP contribution in [0.4, 0.5) is 4.39 Å². The van der Waals surface area contributed by atoms with Crippen LogP contribution in [0.1, 0.15) is 31.0 Å². The molecule has 5 heteroatoms. The van der Waals surface area contributed by atoms with Gasteiger partial charge in [-0.15, -0.1) is 0 Å². The number of hydrogen-bond acceptors (Lipinski definition) is 2. The van der Waals surface area contributed by atoms with E-state index in [0.717, 1.165) is 24.2 Å². The molecule has 100 valence electrons. The van der Waals surface area contributed by atoms with Crippen molar-refractivity contribution in [2.75, 3.05) is 0 Å². The Hall–Kier alpha value is -1.91. The number of hydrogen-bond donors (Lipinski definition) is 1. The molecule has 0 bridgehead atoms. The minimum Gasteiger partial charge on any atom is -0.481 e. The Morgan fingerprint density at radius 1 is 1.47 bits per heavy atom. The quantitative estimate of drug-likeness (QED) is 0.905. The van der Waals surface area contributed by atoms with Gasteiger partial charge in [-0.3, -0.25) is 4.79 Å². The van der Waals surface area contributed by atoms with Crippen LogP contribution < -0.4 is 0 Å². The fourth-order valence-corrected chi connectivity index (χ4v) is 3.08. The lowest BCUT2D eigenvalue weighted by molar-refractivity contribution is -0.142. The zero-order valence-corrected chi connectivity index (χ0v) is 10.6. The Kier molecular flexibility index (Phi) is 2.77. The first kappa shape index (κ1) is 12.1. The summed E-state index contributed by atoms with van der Waals surface area (Å²) in [6.45, 7) is 0. The van der Waals surface area contributed by atoms with Gasteiger partial charge in [0.1, 0.15) is 11.6 Å². The van der Waals surface area contributed by atoms with Crippen molar-refractivity contribution in [3.63, 3.8) is 0 Å². The summed E-state index contributed by atoms with van der Waals surface area (Å²) in [6, 6.07) is 4.46. The van der Waals surface area contributed by atoms with Gasteiger partial charge in [-0.05, 0) is 31.0 Å². The molecule has 1 aliphatic rings. The maximum absolute atomic E-state index is 13.3. The molecule has 1 N–H and O–H groups in total. The van der Waals surface area contributed by atoms with Gasteiger partial charge in [0, 0.05) is 13.0 Å². The molecule has 0 spiro atoms. The van der Waals surface area contributed by atoms with E-state index in [-0.39, 0.29) is 17.7 Å². The summed E-state index contributed by atoms with van der Waals surface area (Å²) in [5, 5.41) is 9.26. The van der Waals surface area contributed by atoms with E-state index >= 15 is 0 Å². The van der Waals surface area contributed by atoms with Gasteiger partial charge in [0.25, 0.3) is 0 Å². The number of aliphatic carboxylic acids is 1. The number of rotatable bonds is 2. The van der Waals surface area contributed by atoms with Gasteiger partial charge in [-0.1, -0.05) is 6.42 Å². The van der Waals surface area contributed by atoms with Crippen LogP contribution >= 0.6 is 0 Å². The van der Waals surface area contributed by atoms with Crippen LogP contribution in [0.2, 0.25) is 0 Å². The van der Waals surface area contributed by atoms with Gasteiger partial charge >= 0.3 is 5.97 Å². The van der Waals surface area contributed by atoms with Gasteiger partial charge in [-0.25, -0.2) is 9.37 Å². The monoisotopic (exact) mass is 262 g/mol. The highest BCUT2D eigenvalue weighted by molar-refractivity contribution is 5.77. The van der Waals surface area contributed by atoms with Crippen LogP contribution in [0.3, 0.4) is 0 Å². The molecule has 0 amide bonds. The number of carboxylic acid groups (broad SMARTS) is 1. The number of aryl methyl sites for hydroxylation is 1. The molecule has 4 nitrogen and oxygen atoms in total. The number of aromatic nitrogens is 2. The molecule has 2 atom stereocenters. The fraction of sp³-hybridized carbons (Fsp3) is 0.429. The third-order valence-corrected chi connectivity index (χ3v) is 4.04. The second-order valence-electron chi connectivity index (χ2n) is 5.14. The molecule has 1 saturated carbocycles. The largest absolute Gasteiger partial charge is 0.481 e. The summed E-state index contributed by atoms with van der Waals surface area (Å²) in [7, 11) is 1.82. The average molecular weight is 262 g/mol. The van der Waals surface area contributed by atoms with Gasteiger partial charge in [-0.2, -0.15) is 0 Å². The maximum Gasteiger partial charge on any atom is 0.307 e. The highest BCUT2D eigenvalue weighted by Crippen LogP contribution is 2.40. The molecule has 2 aromatic rings. The molecular weight excluding hydrogens is 247 g/mol. The number of carboxylic acids is 1. The summed E-state index contributed by atoms with van der Waals surface area (Å²) >= 11 is 0. The SMILES string of the molecule is Cn1c(C2CCCC2C(=O)O)nc2ccc(F)cc21. The van der Waals surface area contributed by atoms with E-state index in [2.05, 4.69) is 4.98 Å². The lowest BCUT2D eigenvalue weighted by Crippen LogP contribution is -2.19. The number of benzene rings is 1. The summed E-state index contributed by atoms with van der Waals surface area (Å²) < 4.78 is 15.1. The van der Waals surface area contributed by atoms with Crippen molar-refractivity contribution in [3.05, 3.63) is 29.8 Å². The Balaban J connectivity index is 2.10. The zero-order chi connectivity index (χ0) is 13.6. The van der Waals surface area contributed by atoms with Crippen molar-refractivity contribution in [2.45, 2.75) is 25.2 Å². The van der Waals surface area contributed by atoms with Crippen molar-refractivity contribution >= 4 is 17.0 Å². The first-order valence-electron chi connectivity index (χ1n) is 6.42. The lowest BCUT2D eigenvalue weighted by atomic mass is 9.95. The molecule has 1 aliphatic carbocycles. The van der Waals surface area contributed by atoms with Crippen LogP contribution in [0.25, 0.3) is 11.0 Å². The normalized spacial score (nSPS) is 23.1. The van der Waals surface area contributed by atoms with Crippen molar-refractivity contribution in [3.8, 4) is 0 Å².